The molecule has 0 aliphatic carbocycles. The lowest BCUT2D eigenvalue weighted by Gasteiger charge is -2.07. The molecule has 0 saturated carbocycles. The second kappa shape index (κ2) is 4.96. The molecule has 1 heterocycles. The smallest absolute Gasteiger partial charge is 0.194 e. The second-order valence-electron chi connectivity index (χ2n) is 4.69. The van der Waals surface area contributed by atoms with E-state index < -0.39 is 0 Å². The highest BCUT2D eigenvalue weighted by atomic mass is 127. The number of hydrogen-bond acceptors (Lipinski definition) is 2. The molecule has 0 radical (unpaired) electrons. The minimum absolute atomic E-state index is 0.0859. The predicted molar refractivity (Wildman–Crippen MR) is 83.0 cm³/mol. The van der Waals surface area contributed by atoms with Crippen molar-refractivity contribution >= 4 is 28.4 Å². The number of halogens is 1. The van der Waals surface area contributed by atoms with Crippen LogP contribution in [0, 0.1) is 10.5 Å². The summed E-state index contributed by atoms with van der Waals surface area (Å²) in [6.07, 6.45) is 0.890. The van der Waals surface area contributed by atoms with Crippen LogP contribution in [-0.2, 0) is 6.42 Å². The number of benzene rings is 2. The van der Waals surface area contributed by atoms with E-state index in [4.69, 9.17) is 4.74 Å². The van der Waals surface area contributed by atoms with E-state index in [0.717, 1.165) is 44.6 Å². The first-order chi connectivity index (χ1) is 9.16. The second-order valence-corrected chi connectivity index (χ2v) is 5.77. The van der Waals surface area contributed by atoms with Crippen molar-refractivity contribution in [1.82, 2.24) is 0 Å². The Bertz CT molecular complexity index is 662. The highest BCUT2D eigenvalue weighted by Gasteiger charge is 2.17. The number of carbonyl (C=O) groups excluding carboxylic acids is 1. The van der Waals surface area contributed by atoms with E-state index in [1.807, 2.05) is 43.3 Å². The van der Waals surface area contributed by atoms with Gasteiger partial charge in [0.1, 0.15) is 5.75 Å². The van der Waals surface area contributed by atoms with Gasteiger partial charge in [-0.3, -0.25) is 4.79 Å². The number of ether oxygens (including phenoxy) is 1. The number of hydrogen-bond donors (Lipinski definition) is 0. The van der Waals surface area contributed by atoms with Gasteiger partial charge in [0.2, 0.25) is 0 Å². The van der Waals surface area contributed by atoms with Crippen LogP contribution < -0.4 is 4.74 Å². The summed E-state index contributed by atoms with van der Waals surface area (Å²) >= 11 is 2.24. The Morgan fingerprint density at radius 2 is 2.11 bits per heavy atom. The average molecular weight is 364 g/mol. The van der Waals surface area contributed by atoms with E-state index in [0.29, 0.717) is 0 Å². The Kier molecular flexibility index (Phi) is 3.31. The van der Waals surface area contributed by atoms with E-state index in [1.54, 1.807) is 0 Å². The molecule has 0 aromatic heterocycles. The topological polar surface area (TPSA) is 26.3 Å². The number of aryl methyl sites for hydroxylation is 1. The van der Waals surface area contributed by atoms with Crippen LogP contribution in [0.5, 0.6) is 5.75 Å². The molecule has 2 aromatic carbocycles. The van der Waals surface area contributed by atoms with Gasteiger partial charge >= 0.3 is 0 Å². The van der Waals surface area contributed by atoms with Crippen LogP contribution in [0.1, 0.15) is 27.0 Å². The summed E-state index contributed by atoms with van der Waals surface area (Å²) in [5, 5.41) is 0. The lowest BCUT2D eigenvalue weighted by Crippen LogP contribution is -2.05. The van der Waals surface area contributed by atoms with Gasteiger partial charge in [0.15, 0.2) is 5.78 Å². The molecule has 2 aromatic rings. The fraction of sp³-hybridized carbons (Fsp3) is 0.188. The molecule has 0 bridgehead atoms. The first kappa shape index (κ1) is 12.7. The van der Waals surface area contributed by atoms with Crippen molar-refractivity contribution in [1.29, 1.82) is 0 Å². The molecule has 0 fully saturated rings. The summed E-state index contributed by atoms with van der Waals surface area (Å²) in [6.45, 7) is 2.74. The Labute approximate surface area is 125 Å². The molecule has 0 saturated heterocycles. The minimum atomic E-state index is 0.0859. The first-order valence-corrected chi connectivity index (χ1v) is 7.30. The van der Waals surface area contributed by atoms with Crippen LogP contribution >= 0.6 is 22.6 Å². The largest absolute Gasteiger partial charge is 0.493 e. The predicted octanol–water partition coefficient (Wildman–Crippen LogP) is 3.77. The maximum absolute atomic E-state index is 12.6. The zero-order valence-corrected chi connectivity index (χ0v) is 12.7. The average Bonchev–Trinajstić information content (AvgIpc) is 2.88. The molecule has 0 N–H and O–H groups in total. The van der Waals surface area contributed by atoms with Crippen LogP contribution in [0.15, 0.2) is 36.4 Å². The fourth-order valence-electron chi connectivity index (χ4n) is 2.31. The van der Waals surface area contributed by atoms with Gasteiger partial charge in [-0.05, 0) is 64.9 Å². The maximum atomic E-state index is 12.6. The van der Waals surface area contributed by atoms with Crippen molar-refractivity contribution in [2.45, 2.75) is 13.3 Å². The molecule has 2 nitrogen and oxygen atoms in total. The van der Waals surface area contributed by atoms with Gasteiger partial charge in [-0.25, -0.2) is 0 Å². The SMILES string of the molecule is Cc1cccc(C(=O)c2ccc3c(c2)CCO3)c1I. The van der Waals surface area contributed by atoms with Gasteiger partial charge in [0.05, 0.1) is 6.61 Å². The molecule has 96 valence electrons. The zero-order valence-electron chi connectivity index (χ0n) is 10.6. The quantitative estimate of drug-likeness (QED) is 0.599. The lowest BCUT2D eigenvalue weighted by molar-refractivity contribution is 0.103. The van der Waals surface area contributed by atoms with Crippen LogP contribution in [0.4, 0.5) is 0 Å². The number of carbonyl (C=O) groups is 1. The Hall–Kier alpha value is -1.36. The summed E-state index contributed by atoms with van der Waals surface area (Å²) in [4.78, 5) is 12.6. The first-order valence-electron chi connectivity index (χ1n) is 6.22. The molecule has 0 atom stereocenters. The third-order valence-electron chi connectivity index (χ3n) is 3.39. The number of ketones is 1. The zero-order chi connectivity index (χ0) is 13.4. The summed E-state index contributed by atoms with van der Waals surface area (Å²) in [5.74, 6) is 0.998. The Balaban J connectivity index is 2.02. The number of fused-ring (bicyclic) bond motifs is 1. The molecule has 1 aliphatic heterocycles. The van der Waals surface area contributed by atoms with E-state index in [9.17, 15) is 4.79 Å². The summed E-state index contributed by atoms with van der Waals surface area (Å²) < 4.78 is 6.50. The van der Waals surface area contributed by atoms with Gasteiger partial charge in [-0.15, -0.1) is 0 Å². The van der Waals surface area contributed by atoms with Crippen molar-refractivity contribution < 1.29 is 9.53 Å². The van der Waals surface area contributed by atoms with Crippen LogP contribution in [0.25, 0.3) is 0 Å². The van der Waals surface area contributed by atoms with E-state index in [1.165, 1.54) is 0 Å². The van der Waals surface area contributed by atoms with Crippen molar-refractivity contribution in [3.8, 4) is 5.75 Å². The van der Waals surface area contributed by atoms with Crippen molar-refractivity contribution in [3.05, 3.63) is 62.2 Å². The number of rotatable bonds is 2. The standard InChI is InChI=1S/C16H13IO2/c1-10-3-2-4-13(15(10)17)16(18)12-5-6-14-11(9-12)7-8-19-14/h2-6,9H,7-8H2,1H3. The highest BCUT2D eigenvalue weighted by molar-refractivity contribution is 14.1. The van der Waals surface area contributed by atoms with Crippen molar-refractivity contribution in [2.75, 3.05) is 6.61 Å². The van der Waals surface area contributed by atoms with Gasteiger partial charge in [0, 0.05) is 21.1 Å². The third kappa shape index (κ3) is 2.27. The van der Waals surface area contributed by atoms with Gasteiger partial charge in [0.25, 0.3) is 0 Å². The van der Waals surface area contributed by atoms with E-state index in [2.05, 4.69) is 22.6 Å². The van der Waals surface area contributed by atoms with Crippen LogP contribution in [-0.4, -0.2) is 12.4 Å². The molecular weight excluding hydrogens is 351 g/mol. The van der Waals surface area contributed by atoms with Crippen molar-refractivity contribution in [3.63, 3.8) is 0 Å². The minimum Gasteiger partial charge on any atom is -0.493 e. The van der Waals surface area contributed by atoms with E-state index in [-0.39, 0.29) is 5.78 Å². The summed E-state index contributed by atoms with van der Waals surface area (Å²) in [6, 6.07) is 11.6. The monoisotopic (exact) mass is 364 g/mol. The van der Waals surface area contributed by atoms with Crippen LogP contribution in [0.2, 0.25) is 0 Å². The molecule has 3 heteroatoms. The van der Waals surface area contributed by atoms with Gasteiger partial charge in [-0.1, -0.05) is 12.1 Å². The molecule has 1 aliphatic rings. The molecule has 0 unspecified atom stereocenters. The molecule has 0 amide bonds. The van der Waals surface area contributed by atoms with Crippen LogP contribution in [0.3, 0.4) is 0 Å². The Morgan fingerprint density at radius 3 is 2.95 bits per heavy atom. The van der Waals surface area contributed by atoms with Crippen molar-refractivity contribution in [2.24, 2.45) is 0 Å². The van der Waals surface area contributed by atoms with Gasteiger partial charge < -0.3 is 4.74 Å². The summed E-state index contributed by atoms with van der Waals surface area (Å²) in [5.41, 5.74) is 3.79. The normalized spacial score (nSPS) is 12.9. The summed E-state index contributed by atoms with van der Waals surface area (Å²) in [7, 11) is 0. The highest BCUT2D eigenvalue weighted by Crippen LogP contribution is 2.27. The van der Waals surface area contributed by atoms with Gasteiger partial charge in [-0.2, -0.15) is 0 Å². The fourth-order valence-corrected chi connectivity index (χ4v) is 2.91. The lowest BCUT2D eigenvalue weighted by atomic mass is 9.99. The van der Waals surface area contributed by atoms with E-state index >= 15 is 0 Å². The third-order valence-corrected chi connectivity index (χ3v) is 4.82. The molecule has 19 heavy (non-hydrogen) atoms. The Morgan fingerprint density at radius 1 is 1.26 bits per heavy atom. The molecular formula is C16H13IO2. The molecule has 3 rings (SSSR count). The maximum Gasteiger partial charge on any atom is 0.194 e. The molecule has 0 spiro atoms.